The first-order chi connectivity index (χ1) is 6.24. The van der Waals surface area contributed by atoms with Crippen molar-refractivity contribution in [1.29, 1.82) is 0 Å². The van der Waals surface area contributed by atoms with E-state index in [-0.39, 0.29) is 6.10 Å². The van der Waals surface area contributed by atoms with Gasteiger partial charge in [-0.1, -0.05) is 6.92 Å². The molecule has 0 saturated carbocycles. The number of hydrogen-bond donors (Lipinski definition) is 1. The van der Waals surface area contributed by atoms with Gasteiger partial charge in [0.15, 0.2) is 0 Å². The predicted molar refractivity (Wildman–Crippen MR) is 59.2 cm³/mol. The van der Waals surface area contributed by atoms with Crippen molar-refractivity contribution >= 4 is 11.8 Å². The van der Waals surface area contributed by atoms with Gasteiger partial charge in [-0.3, -0.25) is 0 Å². The maximum Gasteiger partial charge on any atom is 0.0693 e. The molecule has 0 bridgehead atoms. The van der Waals surface area contributed by atoms with Gasteiger partial charge in [-0.15, -0.1) is 0 Å². The maximum absolute atomic E-state index is 9.66. The minimum atomic E-state index is -0.0944. The fraction of sp³-hybridized carbons (Fsp3) is 1.00. The van der Waals surface area contributed by atoms with Crippen LogP contribution in [0.1, 0.15) is 19.8 Å². The molecule has 0 aromatic carbocycles. The molecule has 0 aliphatic carbocycles. The molecule has 0 amide bonds. The van der Waals surface area contributed by atoms with Gasteiger partial charge in [-0.25, -0.2) is 0 Å². The normalized spacial score (nSPS) is 30.7. The Bertz CT molecular complexity index is 143. The Morgan fingerprint density at radius 1 is 1.54 bits per heavy atom. The highest BCUT2D eigenvalue weighted by Crippen LogP contribution is 2.17. The summed E-state index contributed by atoms with van der Waals surface area (Å²) in [5.74, 6) is 1.74. The van der Waals surface area contributed by atoms with Crippen LogP contribution in [0.2, 0.25) is 0 Å². The van der Waals surface area contributed by atoms with Crippen molar-refractivity contribution in [3.63, 3.8) is 0 Å². The van der Waals surface area contributed by atoms with Crippen LogP contribution in [0.4, 0.5) is 0 Å². The number of aliphatic hydroxyl groups excluding tert-OH is 1. The lowest BCUT2D eigenvalue weighted by atomic mass is 9.96. The van der Waals surface area contributed by atoms with E-state index in [1.807, 2.05) is 11.8 Å². The van der Waals surface area contributed by atoms with Crippen molar-refractivity contribution < 1.29 is 5.11 Å². The zero-order valence-electron chi connectivity index (χ0n) is 8.70. The first-order valence-corrected chi connectivity index (χ1v) is 6.52. The van der Waals surface area contributed by atoms with Crippen LogP contribution in [-0.4, -0.2) is 47.8 Å². The Kier molecular flexibility index (Phi) is 5.14. The summed E-state index contributed by atoms with van der Waals surface area (Å²) in [4.78, 5) is 2.39. The number of likely N-dealkylation sites (tertiary alicyclic amines) is 1. The molecule has 1 aliphatic rings. The van der Waals surface area contributed by atoms with Gasteiger partial charge in [0.1, 0.15) is 0 Å². The van der Waals surface area contributed by atoms with E-state index in [4.69, 9.17) is 0 Å². The van der Waals surface area contributed by atoms with Gasteiger partial charge in [-0.2, -0.15) is 11.8 Å². The highest BCUT2D eigenvalue weighted by atomic mass is 32.2. The Morgan fingerprint density at radius 2 is 2.31 bits per heavy atom. The van der Waals surface area contributed by atoms with E-state index in [9.17, 15) is 5.11 Å². The van der Waals surface area contributed by atoms with Crippen LogP contribution in [0.25, 0.3) is 0 Å². The molecule has 3 heteroatoms. The van der Waals surface area contributed by atoms with Crippen molar-refractivity contribution in [2.75, 3.05) is 31.6 Å². The maximum atomic E-state index is 9.66. The van der Waals surface area contributed by atoms with E-state index in [1.54, 1.807) is 0 Å². The summed E-state index contributed by atoms with van der Waals surface area (Å²) in [6.07, 6.45) is 4.46. The smallest absolute Gasteiger partial charge is 0.0693 e. The summed E-state index contributed by atoms with van der Waals surface area (Å²) in [6, 6.07) is 0. The molecular formula is C10H21NOS. The number of thioether (sulfide) groups is 1. The highest BCUT2D eigenvalue weighted by molar-refractivity contribution is 7.98. The average Bonchev–Trinajstić information content (AvgIpc) is 2.12. The summed E-state index contributed by atoms with van der Waals surface area (Å²) < 4.78 is 0. The van der Waals surface area contributed by atoms with E-state index >= 15 is 0 Å². The summed E-state index contributed by atoms with van der Waals surface area (Å²) in [6.45, 7) is 5.36. The van der Waals surface area contributed by atoms with Crippen molar-refractivity contribution in [2.45, 2.75) is 25.9 Å². The molecule has 13 heavy (non-hydrogen) atoms. The first kappa shape index (κ1) is 11.3. The quantitative estimate of drug-likeness (QED) is 0.699. The van der Waals surface area contributed by atoms with E-state index in [0.29, 0.717) is 5.92 Å². The van der Waals surface area contributed by atoms with Crippen LogP contribution in [-0.2, 0) is 0 Å². The molecule has 0 radical (unpaired) electrons. The summed E-state index contributed by atoms with van der Waals surface area (Å²) >= 11 is 1.90. The largest absolute Gasteiger partial charge is 0.392 e. The molecule has 0 aromatic rings. The molecule has 1 aliphatic heterocycles. The van der Waals surface area contributed by atoms with Crippen molar-refractivity contribution in [3.05, 3.63) is 0 Å². The van der Waals surface area contributed by atoms with Crippen molar-refractivity contribution in [2.24, 2.45) is 5.92 Å². The van der Waals surface area contributed by atoms with Gasteiger partial charge in [0.25, 0.3) is 0 Å². The zero-order chi connectivity index (χ0) is 9.68. The predicted octanol–water partition coefficient (Wildman–Crippen LogP) is 1.44. The Hall–Kier alpha value is 0.270. The number of β-amino-alcohol motifs (C(OH)–C–C–N with tert-alkyl or cyclic N) is 1. The molecular weight excluding hydrogens is 182 g/mol. The van der Waals surface area contributed by atoms with Gasteiger partial charge in [-0.05, 0) is 43.9 Å². The Labute approximate surface area is 85.7 Å². The molecule has 2 atom stereocenters. The minimum Gasteiger partial charge on any atom is -0.392 e. The van der Waals surface area contributed by atoms with E-state index in [2.05, 4.69) is 18.1 Å². The third-order valence-corrected chi connectivity index (χ3v) is 3.52. The zero-order valence-corrected chi connectivity index (χ0v) is 9.52. The van der Waals surface area contributed by atoms with Gasteiger partial charge in [0.2, 0.25) is 0 Å². The van der Waals surface area contributed by atoms with Crippen LogP contribution in [0.3, 0.4) is 0 Å². The van der Waals surface area contributed by atoms with Crippen LogP contribution < -0.4 is 0 Å². The second-order valence-electron chi connectivity index (χ2n) is 3.98. The van der Waals surface area contributed by atoms with E-state index in [1.165, 1.54) is 18.7 Å². The standard InChI is InChI=1S/C10H21NOS/c1-9-4-6-11(8-10(9)12)5-3-7-13-2/h9-10,12H,3-8H2,1-2H3. The van der Waals surface area contributed by atoms with Crippen LogP contribution in [0.15, 0.2) is 0 Å². The van der Waals surface area contributed by atoms with E-state index < -0.39 is 0 Å². The lowest BCUT2D eigenvalue weighted by Crippen LogP contribution is -2.43. The first-order valence-electron chi connectivity index (χ1n) is 5.13. The molecule has 78 valence electrons. The minimum absolute atomic E-state index is 0.0944. The molecule has 2 nitrogen and oxygen atoms in total. The number of hydrogen-bond acceptors (Lipinski definition) is 3. The Morgan fingerprint density at radius 3 is 2.92 bits per heavy atom. The van der Waals surface area contributed by atoms with Gasteiger partial charge in [0.05, 0.1) is 6.10 Å². The molecule has 1 N–H and O–H groups in total. The number of piperidine rings is 1. The molecule has 0 spiro atoms. The molecule has 1 fully saturated rings. The molecule has 0 aromatic heterocycles. The monoisotopic (exact) mass is 203 g/mol. The van der Waals surface area contributed by atoms with Gasteiger partial charge in [0, 0.05) is 6.54 Å². The lowest BCUT2D eigenvalue weighted by molar-refractivity contribution is 0.0295. The van der Waals surface area contributed by atoms with Crippen LogP contribution in [0.5, 0.6) is 0 Å². The van der Waals surface area contributed by atoms with Gasteiger partial charge < -0.3 is 10.0 Å². The third-order valence-electron chi connectivity index (χ3n) is 2.83. The number of nitrogens with zero attached hydrogens (tertiary/aromatic N) is 1. The summed E-state index contributed by atoms with van der Waals surface area (Å²) in [7, 11) is 0. The highest BCUT2D eigenvalue weighted by Gasteiger charge is 2.23. The van der Waals surface area contributed by atoms with Crippen LogP contribution >= 0.6 is 11.8 Å². The van der Waals surface area contributed by atoms with Crippen molar-refractivity contribution in [1.82, 2.24) is 4.90 Å². The number of rotatable bonds is 4. The molecule has 2 unspecified atom stereocenters. The lowest BCUT2D eigenvalue weighted by Gasteiger charge is -2.34. The summed E-state index contributed by atoms with van der Waals surface area (Å²) in [5.41, 5.74) is 0. The molecule has 1 heterocycles. The number of aliphatic hydroxyl groups is 1. The second-order valence-corrected chi connectivity index (χ2v) is 4.97. The summed E-state index contributed by atoms with van der Waals surface area (Å²) in [5, 5.41) is 9.66. The SMILES string of the molecule is CSCCCN1CCC(C)C(O)C1. The van der Waals surface area contributed by atoms with Crippen LogP contribution in [0, 0.1) is 5.92 Å². The average molecular weight is 203 g/mol. The third kappa shape index (κ3) is 3.88. The Balaban J connectivity index is 2.14. The fourth-order valence-electron chi connectivity index (χ4n) is 1.75. The topological polar surface area (TPSA) is 23.5 Å². The van der Waals surface area contributed by atoms with Crippen molar-refractivity contribution in [3.8, 4) is 0 Å². The molecule has 1 rings (SSSR count). The molecule has 1 saturated heterocycles. The second kappa shape index (κ2) is 5.89. The van der Waals surface area contributed by atoms with E-state index in [0.717, 1.165) is 19.5 Å². The fourth-order valence-corrected chi connectivity index (χ4v) is 2.17. The van der Waals surface area contributed by atoms with Gasteiger partial charge >= 0.3 is 0 Å².